The molecule has 0 aromatic heterocycles. The van der Waals surface area contributed by atoms with Crippen LogP contribution in [0.3, 0.4) is 0 Å². The molecule has 1 fully saturated rings. The summed E-state index contributed by atoms with van der Waals surface area (Å²) in [6, 6.07) is 3.28. The van der Waals surface area contributed by atoms with E-state index in [9.17, 15) is 14.4 Å². The second-order valence-corrected chi connectivity index (χ2v) is 6.70. The van der Waals surface area contributed by atoms with Gasteiger partial charge in [-0.1, -0.05) is 0 Å². The number of nitrogens with one attached hydrogen (secondary N) is 1. The van der Waals surface area contributed by atoms with Crippen molar-refractivity contribution >= 4 is 24.0 Å². The van der Waals surface area contributed by atoms with Crippen LogP contribution in [0.4, 0.5) is 4.79 Å². The van der Waals surface area contributed by atoms with Crippen LogP contribution in [-0.2, 0) is 20.7 Å². The third kappa shape index (κ3) is 4.27. The van der Waals surface area contributed by atoms with Crippen molar-refractivity contribution in [2.24, 2.45) is 0 Å². The first-order valence-electron chi connectivity index (χ1n) is 9.33. The lowest BCUT2D eigenvalue weighted by Crippen LogP contribution is -2.41. The van der Waals surface area contributed by atoms with Crippen molar-refractivity contribution in [2.75, 3.05) is 19.7 Å². The number of carbonyl (C=O) groups excluding carboxylic acids is 3. The lowest BCUT2D eigenvalue weighted by molar-refractivity contribution is -0.153. The molecule has 3 rings (SSSR count). The molecule has 2 atom stereocenters. The minimum absolute atomic E-state index is 0.100. The fraction of sp³-hybridized carbons (Fsp3) is 0.450. The van der Waals surface area contributed by atoms with Gasteiger partial charge < -0.3 is 19.5 Å². The van der Waals surface area contributed by atoms with Crippen LogP contribution < -0.4 is 14.8 Å². The van der Waals surface area contributed by atoms with Gasteiger partial charge in [-0.3, -0.25) is 9.69 Å². The molecule has 1 aromatic rings. The quantitative estimate of drug-likeness (QED) is 0.591. The number of imide groups is 1. The van der Waals surface area contributed by atoms with Gasteiger partial charge in [0, 0.05) is 36.7 Å². The van der Waals surface area contributed by atoms with Crippen molar-refractivity contribution < 1.29 is 28.6 Å². The molecule has 2 aliphatic heterocycles. The monoisotopic (exact) mass is 388 g/mol. The Bertz CT molecular complexity index is 819. The van der Waals surface area contributed by atoms with Gasteiger partial charge >= 0.3 is 12.0 Å². The zero-order chi connectivity index (χ0) is 20.3. The molecule has 2 heterocycles. The van der Waals surface area contributed by atoms with Gasteiger partial charge in [-0.25, -0.2) is 9.59 Å². The van der Waals surface area contributed by atoms with Crippen molar-refractivity contribution in [1.82, 2.24) is 10.2 Å². The van der Waals surface area contributed by atoms with Gasteiger partial charge in [0.1, 0.15) is 17.6 Å². The maximum atomic E-state index is 12.2. The molecule has 8 heteroatoms. The number of carbonyl (C=O) groups is 3. The summed E-state index contributed by atoms with van der Waals surface area (Å²) >= 11 is 0. The lowest BCUT2D eigenvalue weighted by Gasteiger charge is -2.17. The first-order valence-corrected chi connectivity index (χ1v) is 9.33. The smallest absolute Gasteiger partial charge is 0.331 e. The molecule has 1 saturated heterocycles. The van der Waals surface area contributed by atoms with E-state index in [4.69, 9.17) is 14.2 Å². The first kappa shape index (κ1) is 19.7. The second-order valence-electron chi connectivity index (χ2n) is 6.70. The third-order valence-electron chi connectivity index (χ3n) is 4.49. The van der Waals surface area contributed by atoms with Crippen LogP contribution in [0.15, 0.2) is 18.2 Å². The molecule has 8 nitrogen and oxygen atoms in total. The predicted molar refractivity (Wildman–Crippen MR) is 101 cm³/mol. The van der Waals surface area contributed by atoms with Crippen LogP contribution in [-0.4, -0.2) is 54.7 Å². The van der Waals surface area contributed by atoms with Crippen molar-refractivity contribution in [2.45, 2.75) is 39.4 Å². The Kier molecular flexibility index (Phi) is 5.87. The average molecular weight is 388 g/mol. The summed E-state index contributed by atoms with van der Waals surface area (Å²) in [6.07, 6.45) is 2.65. The average Bonchev–Trinajstić information content (AvgIpc) is 3.23. The Morgan fingerprint density at radius 1 is 1.43 bits per heavy atom. The Labute approximate surface area is 163 Å². The number of hydrogen-bond acceptors (Lipinski definition) is 6. The summed E-state index contributed by atoms with van der Waals surface area (Å²) in [4.78, 5) is 36.9. The van der Waals surface area contributed by atoms with Crippen molar-refractivity contribution in [3.63, 3.8) is 0 Å². The molecule has 150 valence electrons. The van der Waals surface area contributed by atoms with Crippen LogP contribution in [0, 0.1) is 0 Å². The molecular formula is C20H24N2O6. The van der Waals surface area contributed by atoms with E-state index in [2.05, 4.69) is 5.32 Å². The molecule has 0 aliphatic carbocycles. The van der Waals surface area contributed by atoms with Gasteiger partial charge in [-0.05, 0) is 39.0 Å². The van der Waals surface area contributed by atoms with E-state index in [0.717, 1.165) is 22.6 Å². The third-order valence-corrected chi connectivity index (χ3v) is 4.49. The van der Waals surface area contributed by atoms with Gasteiger partial charge in [-0.15, -0.1) is 0 Å². The van der Waals surface area contributed by atoms with Crippen LogP contribution in [0.1, 0.15) is 31.9 Å². The Morgan fingerprint density at radius 2 is 2.21 bits per heavy atom. The van der Waals surface area contributed by atoms with Gasteiger partial charge in [0.25, 0.3) is 5.91 Å². The number of nitrogens with zero attached hydrogens (tertiary/aromatic N) is 1. The topological polar surface area (TPSA) is 94.2 Å². The van der Waals surface area contributed by atoms with Crippen LogP contribution >= 0.6 is 0 Å². The van der Waals surface area contributed by atoms with Gasteiger partial charge in [0.05, 0.1) is 6.61 Å². The first-order chi connectivity index (χ1) is 13.4. The van der Waals surface area contributed by atoms with Gasteiger partial charge in [0.15, 0.2) is 6.10 Å². The second kappa shape index (κ2) is 8.33. The molecular weight excluding hydrogens is 364 g/mol. The highest BCUT2D eigenvalue weighted by Crippen LogP contribution is 2.35. The Morgan fingerprint density at radius 3 is 2.89 bits per heavy atom. The SMILES string of the molecule is CCOc1cc2c(cc1/C=C/C(=O)O[C@H](C)C(=O)N1CCNC1=O)O[C@H](C)C2. The highest BCUT2D eigenvalue weighted by atomic mass is 16.5. The number of hydrogen-bond donors (Lipinski definition) is 1. The summed E-state index contributed by atoms with van der Waals surface area (Å²) in [6.45, 7) is 6.47. The van der Waals surface area contributed by atoms with E-state index in [1.165, 1.54) is 13.0 Å². The zero-order valence-corrected chi connectivity index (χ0v) is 16.2. The molecule has 0 spiro atoms. The van der Waals surface area contributed by atoms with E-state index in [1.807, 2.05) is 26.0 Å². The zero-order valence-electron chi connectivity index (χ0n) is 16.2. The Balaban J connectivity index is 1.67. The molecule has 0 unspecified atom stereocenters. The highest BCUT2D eigenvalue weighted by Gasteiger charge is 2.31. The minimum Gasteiger partial charge on any atom is -0.493 e. The number of amides is 3. The van der Waals surface area contributed by atoms with E-state index in [0.29, 0.717) is 24.5 Å². The molecule has 28 heavy (non-hydrogen) atoms. The molecule has 1 N–H and O–H groups in total. The summed E-state index contributed by atoms with van der Waals surface area (Å²) in [5.74, 6) is 0.192. The Hall–Kier alpha value is -3.03. The van der Waals surface area contributed by atoms with Crippen LogP contribution in [0.25, 0.3) is 6.08 Å². The van der Waals surface area contributed by atoms with Crippen LogP contribution in [0.5, 0.6) is 11.5 Å². The number of fused-ring (bicyclic) bond motifs is 1. The molecule has 1 aromatic carbocycles. The maximum Gasteiger partial charge on any atom is 0.331 e. The fourth-order valence-corrected chi connectivity index (χ4v) is 3.19. The van der Waals surface area contributed by atoms with Crippen LogP contribution in [0.2, 0.25) is 0 Å². The molecule has 0 bridgehead atoms. The van der Waals surface area contributed by atoms with Gasteiger partial charge in [-0.2, -0.15) is 0 Å². The van der Waals surface area contributed by atoms with Crippen molar-refractivity contribution in [3.05, 3.63) is 29.3 Å². The fourth-order valence-electron chi connectivity index (χ4n) is 3.19. The predicted octanol–water partition coefficient (Wildman–Crippen LogP) is 1.91. The number of ether oxygens (including phenoxy) is 3. The molecule has 2 aliphatic rings. The summed E-state index contributed by atoms with van der Waals surface area (Å²) in [5.41, 5.74) is 1.75. The van der Waals surface area contributed by atoms with E-state index in [-0.39, 0.29) is 12.6 Å². The largest absolute Gasteiger partial charge is 0.493 e. The lowest BCUT2D eigenvalue weighted by atomic mass is 10.1. The summed E-state index contributed by atoms with van der Waals surface area (Å²) in [5, 5.41) is 2.53. The summed E-state index contributed by atoms with van der Waals surface area (Å²) in [7, 11) is 0. The van der Waals surface area contributed by atoms with Gasteiger partial charge in [0.2, 0.25) is 0 Å². The van der Waals surface area contributed by atoms with Crippen molar-refractivity contribution in [1.29, 1.82) is 0 Å². The maximum absolute atomic E-state index is 12.2. The number of urea groups is 1. The summed E-state index contributed by atoms with van der Waals surface area (Å²) < 4.78 is 16.6. The minimum atomic E-state index is -1.06. The molecule has 0 saturated carbocycles. The van der Waals surface area contributed by atoms with E-state index in [1.54, 1.807) is 6.08 Å². The van der Waals surface area contributed by atoms with E-state index >= 15 is 0 Å². The highest BCUT2D eigenvalue weighted by molar-refractivity contribution is 5.99. The standard InChI is InChI=1S/C20H24N2O6/c1-4-26-16-11-15-9-12(2)27-17(15)10-14(16)5-6-18(23)28-13(3)19(24)22-8-7-21-20(22)25/h5-6,10-13H,4,7-9H2,1-3H3,(H,21,25)/b6-5+/t12-,13-/m1/s1. The number of benzene rings is 1. The van der Waals surface area contributed by atoms with Crippen molar-refractivity contribution in [3.8, 4) is 11.5 Å². The van der Waals surface area contributed by atoms with E-state index < -0.39 is 24.0 Å². The molecule has 3 amide bonds. The molecule has 0 radical (unpaired) electrons. The number of rotatable bonds is 6. The normalized spacial score (nSPS) is 19.2. The number of esters is 1.